The van der Waals surface area contributed by atoms with Gasteiger partial charge in [-0.05, 0) is 81.1 Å². The van der Waals surface area contributed by atoms with E-state index in [0.717, 1.165) is 71.4 Å². The molecule has 3 heterocycles. The lowest BCUT2D eigenvalue weighted by Crippen LogP contribution is -2.01. The smallest absolute Gasteiger partial charge is 0.234 e. The van der Waals surface area contributed by atoms with Crippen LogP contribution in [0.2, 0.25) is 0 Å². The van der Waals surface area contributed by atoms with E-state index < -0.39 is 0 Å². The zero-order valence-electron chi connectivity index (χ0n) is 25.8. The molecule has 0 unspecified atom stereocenters. The van der Waals surface area contributed by atoms with Crippen molar-refractivity contribution in [3.8, 4) is 39.3 Å². The normalized spacial score (nSPS) is 11.8. The summed E-state index contributed by atoms with van der Waals surface area (Å²) in [5, 5.41) is 6.78. The fraction of sp³-hybridized carbons (Fsp3) is 0. The first-order chi connectivity index (χ1) is 23.8. The summed E-state index contributed by atoms with van der Waals surface area (Å²) in [6, 6.07) is 53.3. The Morgan fingerprint density at radius 1 is 0.417 bits per heavy atom. The van der Waals surface area contributed by atoms with E-state index in [4.69, 9.17) is 14.4 Å². The van der Waals surface area contributed by atoms with Gasteiger partial charge in [-0.3, -0.25) is 4.57 Å². The zero-order chi connectivity index (χ0) is 31.6. The van der Waals surface area contributed by atoms with Crippen molar-refractivity contribution in [3.63, 3.8) is 0 Å². The Morgan fingerprint density at radius 2 is 0.979 bits per heavy atom. The lowest BCUT2D eigenvalue weighted by molar-refractivity contribution is 0.671. The molecule has 0 atom stereocenters. The van der Waals surface area contributed by atoms with Crippen molar-refractivity contribution < 1.29 is 4.42 Å². The number of hydrogen-bond acceptors (Lipinski definition) is 3. The van der Waals surface area contributed by atoms with Gasteiger partial charge in [0.15, 0.2) is 5.58 Å². The first-order valence-electron chi connectivity index (χ1n) is 16.1. The second-order valence-electron chi connectivity index (χ2n) is 12.3. The molecular weight excluding hydrogens is 587 g/mol. The second-order valence-corrected chi connectivity index (χ2v) is 12.3. The van der Waals surface area contributed by atoms with Crippen LogP contribution in [-0.2, 0) is 0 Å². The SMILES string of the molecule is c1ccc(-c2cc(-c3ccccc3)cc(-c3cnc(-n4c5ccccc5c5ccc6c7cc8ccccc8cc7oc6c54)nc3)c2)cc1. The standard InChI is InChI=1S/C44H27N3O/c1-3-11-28(12-4-1)32-21-33(29-13-5-2-6-14-29)23-34(22-32)35-26-45-44(46-27-35)47-40-18-10-9-17-36(40)37-19-20-38-39-24-30-15-7-8-16-31(30)25-41(39)48-43(38)42(37)47/h1-27H. The van der Waals surface area contributed by atoms with E-state index in [1.54, 1.807) is 0 Å². The maximum atomic E-state index is 6.69. The highest BCUT2D eigenvalue weighted by molar-refractivity contribution is 6.22. The summed E-state index contributed by atoms with van der Waals surface area (Å²) in [7, 11) is 0. The lowest BCUT2D eigenvalue weighted by Gasteiger charge is -2.12. The van der Waals surface area contributed by atoms with Crippen molar-refractivity contribution >= 4 is 54.5 Å². The monoisotopic (exact) mass is 613 g/mol. The summed E-state index contributed by atoms with van der Waals surface area (Å²) in [6.07, 6.45) is 3.88. The third-order valence-electron chi connectivity index (χ3n) is 9.46. The number of rotatable bonds is 4. The van der Waals surface area contributed by atoms with Gasteiger partial charge in [0.2, 0.25) is 5.95 Å². The minimum Gasteiger partial charge on any atom is -0.454 e. The van der Waals surface area contributed by atoms with Crippen LogP contribution in [0.5, 0.6) is 0 Å². The summed E-state index contributed by atoms with van der Waals surface area (Å²) >= 11 is 0. The highest BCUT2D eigenvalue weighted by atomic mass is 16.3. The molecule has 7 aromatic carbocycles. The second kappa shape index (κ2) is 10.5. The van der Waals surface area contributed by atoms with Crippen molar-refractivity contribution in [1.29, 1.82) is 0 Å². The van der Waals surface area contributed by atoms with Crippen LogP contribution in [-0.4, -0.2) is 14.5 Å². The number of benzene rings is 7. The first kappa shape index (κ1) is 26.7. The largest absolute Gasteiger partial charge is 0.454 e. The van der Waals surface area contributed by atoms with Gasteiger partial charge in [0.25, 0.3) is 0 Å². The predicted octanol–water partition coefficient (Wildman–Crippen LogP) is 11.6. The minimum atomic E-state index is 0.602. The van der Waals surface area contributed by atoms with E-state index in [2.05, 4.69) is 144 Å². The van der Waals surface area contributed by atoms with Crippen molar-refractivity contribution in [3.05, 3.63) is 164 Å². The lowest BCUT2D eigenvalue weighted by atomic mass is 9.94. The number of hydrogen-bond donors (Lipinski definition) is 0. The van der Waals surface area contributed by atoms with E-state index in [0.29, 0.717) is 5.95 Å². The third kappa shape index (κ3) is 4.16. The fourth-order valence-corrected chi connectivity index (χ4v) is 7.15. The maximum Gasteiger partial charge on any atom is 0.234 e. The maximum absolute atomic E-state index is 6.69. The molecule has 0 fully saturated rings. The van der Waals surface area contributed by atoms with Crippen LogP contribution in [0.3, 0.4) is 0 Å². The molecule has 0 N–H and O–H groups in total. The molecule has 48 heavy (non-hydrogen) atoms. The minimum absolute atomic E-state index is 0.602. The molecule has 0 aliphatic heterocycles. The highest BCUT2D eigenvalue weighted by Crippen LogP contribution is 2.41. The number of fused-ring (bicyclic) bond motifs is 8. The van der Waals surface area contributed by atoms with Crippen molar-refractivity contribution in [1.82, 2.24) is 14.5 Å². The molecule has 0 bridgehead atoms. The van der Waals surface area contributed by atoms with Crippen LogP contribution < -0.4 is 0 Å². The number of furan rings is 1. The summed E-state index contributed by atoms with van der Waals surface area (Å²) in [5.74, 6) is 0.602. The molecule has 10 aromatic rings. The molecule has 0 saturated heterocycles. The van der Waals surface area contributed by atoms with Gasteiger partial charge in [-0.25, -0.2) is 9.97 Å². The summed E-state index contributed by atoms with van der Waals surface area (Å²) in [4.78, 5) is 10.0. The van der Waals surface area contributed by atoms with Gasteiger partial charge in [-0.2, -0.15) is 0 Å². The van der Waals surface area contributed by atoms with E-state index in [1.807, 2.05) is 24.5 Å². The van der Waals surface area contributed by atoms with E-state index in [-0.39, 0.29) is 0 Å². The quantitative estimate of drug-likeness (QED) is 0.198. The van der Waals surface area contributed by atoms with Crippen molar-refractivity contribution in [2.75, 3.05) is 0 Å². The Morgan fingerprint density at radius 3 is 1.67 bits per heavy atom. The van der Waals surface area contributed by atoms with Gasteiger partial charge >= 0.3 is 0 Å². The number of nitrogens with zero attached hydrogens (tertiary/aromatic N) is 3. The van der Waals surface area contributed by atoms with Gasteiger partial charge in [-0.1, -0.05) is 109 Å². The topological polar surface area (TPSA) is 43.9 Å². The Labute approximate surface area is 276 Å². The zero-order valence-corrected chi connectivity index (χ0v) is 25.8. The van der Waals surface area contributed by atoms with E-state index >= 15 is 0 Å². The van der Waals surface area contributed by atoms with Crippen molar-refractivity contribution in [2.24, 2.45) is 0 Å². The molecule has 0 aliphatic rings. The average molecular weight is 614 g/mol. The van der Waals surface area contributed by atoms with Crippen LogP contribution in [0.25, 0.3) is 93.8 Å². The highest BCUT2D eigenvalue weighted by Gasteiger charge is 2.20. The number of para-hydroxylation sites is 1. The summed E-state index contributed by atoms with van der Waals surface area (Å²) in [5.41, 5.74) is 10.4. The van der Waals surface area contributed by atoms with Gasteiger partial charge < -0.3 is 4.42 Å². The fourth-order valence-electron chi connectivity index (χ4n) is 7.15. The van der Waals surface area contributed by atoms with Crippen LogP contribution in [0.15, 0.2) is 168 Å². The molecule has 224 valence electrons. The van der Waals surface area contributed by atoms with Crippen molar-refractivity contribution in [2.45, 2.75) is 0 Å². The van der Waals surface area contributed by atoms with Crippen LogP contribution in [0.4, 0.5) is 0 Å². The Kier molecular flexibility index (Phi) is 5.84. The van der Waals surface area contributed by atoms with Crippen LogP contribution >= 0.6 is 0 Å². The molecule has 10 rings (SSSR count). The molecule has 0 saturated carbocycles. The molecular formula is C44H27N3O. The Hall–Kier alpha value is -6.52. The average Bonchev–Trinajstić information content (AvgIpc) is 3.70. The van der Waals surface area contributed by atoms with Crippen LogP contribution in [0, 0.1) is 0 Å². The third-order valence-corrected chi connectivity index (χ3v) is 9.46. The Balaban J connectivity index is 1.17. The van der Waals surface area contributed by atoms with Gasteiger partial charge in [0, 0.05) is 39.5 Å². The van der Waals surface area contributed by atoms with Crippen LogP contribution in [0.1, 0.15) is 0 Å². The van der Waals surface area contributed by atoms with E-state index in [1.165, 1.54) is 16.5 Å². The van der Waals surface area contributed by atoms with Gasteiger partial charge in [0.05, 0.1) is 5.52 Å². The molecule has 0 radical (unpaired) electrons. The van der Waals surface area contributed by atoms with Gasteiger partial charge in [0.1, 0.15) is 11.1 Å². The van der Waals surface area contributed by atoms with E-state index in [9.17, 15) is 0 Å². The first-order valence-corrected chi connectivity index (χ1v) is 16.1. The Bertz CT molecular complexity index is 2760. The van der Waals surface area contributed by atoms with Gasteiger partial charge in [-0.15, -0.1) is 0 Å². The number of aromatic nitrogens is 3. The molecule has 4 heteroatoms. The molecule has 3 aromatic heterocycles. The molecule has 4 nitrogen and oxygen atoms in total. The predicted molar refractivity (Wildman–Crippen MR) is 197 cm³/mol. The molecule has 0 amide bonds. The molecule has 0 spiro atoms. The summed E-state index contributed by atoms with van der Waals surface area (Å²) in [6.45, 7) is 0. The summed E-state index contributed by atoms with van der Waals surface area (Å²) < 4.78 is 8.84. The molecule has 0 aliphatic carbocycles.